The quantitative estimate of drug-likeness (QED) is 0.259. The summed E-state index contributed by atoms with van der Waals surface area (Å²) in [6.45, 7) is 0.0121. The number of hydrogen-bond donors (Lipinski definition) is 0. The average molecular weight is 382 g/mol. The number of para-hydroxylation sites is 3. The third-order valence-electron chi connectivity index (χ3n) is 4.94. The first-order valence-electron chi connectivity index (χ1n) is 9.03. The van der Waals surface area contributed by atoms with E-state index in [0.29, 0.717) is 11.2 Å². The highest BCUT2D eigenvalue weighted by Crippen LogP contribution is 2.28. The van der Waals surface area contributed by atoms with Crippen LogP contribution in [0.5, 0.6) is 0 Å². The summed E-state index contributed by atoms with van der Waals surface area (Å²) in [4.78, 5) is 33.0. The van der Waals surface area contributed by atoms with Crippen molar-refractivity contribution in [3.05, 3.63) is 88.5 Å². The second-order valence-corrected chi connectivity index (χ2v) is 6.72. The van der Waals surface area contributed by atoms with E-state index >= 15 is 0 Å². The Bertz CT molecular complexity index is 1440. The van der Waals surface area contributed by atoms with E-state index in [0.717, 1.165) is 27.5 Å². The van der Waals surface area contributed by atoms with Crippen molar-refractivity contribution in [3.8, 4) is 0 Å². The first-order chi connectivity index (χ1) is 14.1. The molecule has 29 heavy (non-hydrogen) atoms. The molecule has 0 amide bonds. The van der Waals surface area contributed by atoms with Gasteiger partial charge in [0.05, 0.1) is 28.0 Å². The minimum Gasteiger partial charge on any atom is -0.316 e. The van der Waals surface area contributed by atoms with Crippen molar-refractivity contribution < 1.29 is 9.72 Å². The standard InChI is InChI=1S/C22H14N4O3/c27-20(14-6-5-7-15(12-14)26(28)29)13-25-19-11-4-1-8-16(19)21-22(25)24-18-10-3-2-9-17(18)23-21/h1-12H,13H2. The van der Waals surface area contributed by atoms with Crippen LogP contribution in [0.4, 0.5) is 5.69 Å². The molecule has 0 aliphatic heterocycles. The predicted octanol–water partition coefficient (Wildman–Crippen LogP) is 4.53. The number of aromatic nitrogens is 3. The average Bonchev–Trinajstić information content (AvgIpc) is 3.05. The van der Waals surface area contributed by atoms with Gasteiger partial charge in [-0.2, -0.15) is 0 Å². The molecule has 2 heterocycles. The molecule has 0 bridgehead atoms. The molecule has 0 saturated carbocycles. The number of Topliss-reactive ketones (excluding diaryl/α,β-unsaturated/α-hetero) is 1. The normalized spacial score (nSPS) is 11.3. The minimum absolute atomic E-state index is 0.0121. The minimum atomic E-state index is -0.505. The first-order valence-corrected chi connectivity index (χ1v) is 9.03. The molecule has 2 aromatic heterocycles. The summed E-state index contributed by atoms with van der Waals surface area (Å²) in [6.07, 6.45) is 0. The Morgan fingerprint density at radius 1 is 0.931 bits per heavy atom. The summed E-state index contributed by atoms with van der Waals surface area (Å²) in [5, 5.41) is 11.9. The summed E-state index contributed by atoms with van der Waals surface area (Å²) in [6, 6.07) is 21.1. The van der Waals surface area contributed by atoms with E-state index in [9.17, 15) is 14.9 Å². The smallest absolute Gasteiger partial charge is 0.270 e. The van der Waals surface area contributed by atoms with Crippen LogP contribution < -0.4 is 0 Å². The molecule has 0 aliphatic rings. The molecule has 0 saturated heterocycles. The number of benzene rings is 3. The van der Waals surface area contributed by atoms with Gasteiger partial charge in [-0.15, -0.1) is 0 Å². The van der Waals surface area contributed by atoms with Gasteiger partial charge in [0.15, 0.2) is 11.4 Å². The maximum Gasteiger partial charge on any atom is 0.270 e. The number of fused-ring (bicyclic) bond motifs is 4. The van der Waals surface area contributed by atoms with E-state index < -0.39 is 4.92 Å². The molecule has 0 fully saturated rings. The van der Waals surface area contributed by atoms with Crippen molar-refractivity contribution in [1.29, 1.82) is 0 Å². The third kappa shape index (κ3) is 2.80. The summed E-state index contributed by atoms with van der Waals surface area (Å²) in [5.41, 5.74) is 3.90. The number of ketones is 1. The van der Waals surface area contributed by atoms with Crippen LogP contribution >= 0.6 is 0 Å². The zero-order valence-corrected chi connectivity index (χ0v) is 15.1. The van der Waals surface area contributed by atoms with Gasteiger partial charge in [0.2, 0.25) is 0 Å². The fraction of sp³-hybridized carbons (Fsp3) is 0.0455. The molecule has 7 heteroatoms. The maximum atomic E-state index is 12.9. The van der Waals surface area contributed by atoms with E-state index in [-0.39, 0.29) is 18.0 Å². The molecule has 0 radical (unpaired) electrons. The van der Waals surface area contributed by atoms with Gasteiger partial charge in [0.1, 0.15) is 5.52 Å². The van der Waals surface area contributed by atoms with E-state index in [1.165, 1.54) is 18.2 Å². The number of rotatable bonds is 4. The van der Waals surface area contributed by atoms with Gasteiger partial charge >= 0.3 is 0 Å². The summed E-state index contributed by atoms with van der Waals surface area (Å²) in [5.74, 6) is -0.230. The Morgan fingerprint density at radius 2 is 1.66 bits per heavy atom. The zero-order valence-electron chi connectivity index (χ0n) is 15.1. The molecule has 0 unspecified atom stereocenters. The van der Waals surface area contributed by atoms with Crippen molar-refractivity contribution in [2.75, 3.05) is 0 Å². The lowest BCUT2D eigenvalue weighted by Gasteiger charge is -2.07. The molecule has 0 atom stereocenters. The van der Waals surface area contributed by atoms with Crippen LogP contribution in [0.2, 0.25) is 0 Å². The summed E-state index contributed by atoms with van der Waals surface area (Å²) in [7, 11) is 0. The van der Waals surface area contributed by atoms with Crippen molar-refractivity contribution >= 4 is 44.6 Å². The molecule has 0 N–H and O–H groups in total. The fourth-order valence-electron chi connectivity index (χ4n) is 3.57. The van der Waals surface area contributed by atoms with Crippen molar-refractivity contribution in [3.63, 3.8) is 0 Å². The first kappa shape index (κ1) is 17.0. The lowest BCUT2D eigenvalue weighted by Crippen LogP contribution is -2.11. The second-order valence-electron chi connectivity index (χ2n) is 6.72. The van der Waals surface area contributed by atoms with Crippen LogP contribution in [0.25, 0.3) is 33.1 Å². The number of carbonyl (C=O) groups is 1. The van der Waals surface area contributed by atoms with Gasteiger partial charge in [0.25, 0.3) is 5.69 Å². The van der Waals surface area contributed by atoms with Gasteiger partial charge < -0.3 is 4.57 Å². The predicted molar refractivity (Wildman–Crippen MR) is 110 cm³/mol. The number of nitrogens with zero attached hydrogens (tertiary/aromatic N) is 4. The number of non-ortho nitro benzene ring substituents is 1. The second kappa shape index (κ2) is 6.49. The van der Waals surface area contributed by atoms with E-state index in [1.807, 2.05) is 53.1 Å². The van der Waals surface area contributed by atoms with E-state index in [1.54, 1.807) is 6.07 Å². The van der Waals surface area contributed by atoms with E-state index in [2.05, 4.69) is 0 Å². The maximum absolute atomic E-state index is 12.9. The molecule has 5 aromatic rings. The molecule has 3 aromatic carbocycles. The Kier molecular flexibility index (Phi) is 3.80. The highest BCUT2D eigenvalue weighted by atomic mass is 16.6. The largest absolute Gasteiger partial charge is 0.316 e. The van der Waals surface area contributed by atoms with E-state index in [4.69, 9.17) is 9.97 Å². The van der Waals surface area contributed by atoms with Gasteiger partial charge in [-0.05, 0) is 18.2 Å². The van der Waals surface area contributed by atoms with Crippen molar-refractivity contribution in [2.45, 2.75) is 6.54 Å². The monoisotopic (exact) mass is 382 g/mol. The Hall–Kier alpha value is -4.13. The molecule has 0 aliphatic carbocycles. The van der Waals surface area contributed by atoms with Crippen LogP contribution in [0.15, 0.2) is 72.8 Å². The molecular formula is C22H14N4O3. The molecular weight excluding hydrogens is 368 g/mol. The lowest BCUT2D eigenvalue weighted by atomic mass is 10.1. The molecule has 7 nitrogen and oxygen atoms in total. The highest BCUT2D eigenvalue weighted by Gasteiger charge is 2.18. The van der Waals surface area contributed by atoms with Crippen molar-refractivity contribution in [2.24, 2.45) is 0 Å². The Morgan fingerprint density at radius 3 is 2.45 bits per heavy atom. The number of nitro benzene ring substituents is 1. The van der Waals surface area contributed by atoms with Crippen LogP contribution in [0.1, 0.15) is 10.4 Å². The number of carbonyl (C=O) groups excluding carboxylic acids is 1. The fourth-order valence-corrected chi connectivity index (χ4v) is 3.57. The van der Waals surface area contributed by atoms with Gasteiger partial charge in [-0.1, -0.05) is 42.5 Å². The Balaban J connectivity index is 1.69. The molecule has 0 spiro atoms. The summed E-state index contributed by atoms with van der Waals surface area (Å²) >= 11 is 0. The summed E-state index contributed by atoms with van der Waals surface area (Å²) < 4.78 is 1.82. The van der Waals surface area contributed by atoms with Crippen molar-refractivity contribution in [1.82, 2.24) is 14.5 Å². The van der Waals surface area contributed by atoms with Crippen LogP contribution in [-0.4, -0.2) is 25.2 Å². The van der Waals surface area contributed by atoms with Gasteiger partial charge in [0, 0.05) is 23.1 Å². The third-order valence-corrected chi connectivity index (χ3v) is 4.94. The van der Waals surface area contributed by atoms with Crippen LogP contribution in [0.3, 0.4) is 0 Å². The lowest BCUT2D eigenvalue weighted by molar-refractivity contribution is -0.384. The SMILES string of the molecule is O=C(Cn1c2ccccc2c2nc3ccccc3nc21)c1cccc([N+](=O)[O-])c1. The number of hydrogen-bond acceptors (Lipinski definition) is 5. The Labute approximate surface area is 164 Å². The molecule has 5 rings (SSSR count). The van der Waals surface area contributed by atoms with Crippen LogP contribution in [-0.2, 0) is 6.54 Å². The van der Waals surface area contributed by atoms with Gasteiger partial charge in [-0.3, -0.25) is 14.9 Å². The number of nitro groups is 1. The topological polar surface area (TPSA) is 90.9 Å². The van der Waals surface area contributed by atoms with Crippen LogP contribution in [0, 0.1) is 10.1 Å². The van der Waals surface area contributed by atoms with Gasteiger partial charge in [-0.25, -0.2) is 9.97 Å². The zero-order chi connectivity index (χ0) is 20.0. The molecule has 140 valence electrons. The highest BCUT2D eigenvalue weighted by molar-refractivity contribution is 6.08.